The molecule has 6 heteroatoms. The van der Waals surface area contributed by atoms with Crippen molar-refractivity contribution in [3.8, 4) is 11.5 Å². The molecule has 22 heavy (non-hydrogen) atoms. The second-order valence-electron chi connectivity index (χ2n) is 4.45. The Morgan fingerprint density at radius 3 is 2.45 bits per heavy atom. The van der Waals surface area contributed by atoms with Gasteiger partial charge in [0.15, 0.2) is 5.52 Å². The van der Waals surface area contributed by atoms with Gasteiger partial charge in [-0.05, 0) is 39.3 Å². The van der Waals surface area contributed by atoms with Gasteiger partial charge in [0, 0.05) is 35.8 Å². The van der Waals surface area contributed by atoms with Gasteiger partial charge in [-0.3, -0.25) is 4.79 Å². The smallest absolute Gasteiger partial charge is 0.187 e. The Bertz CT molecular complexity index is 656. The molecular weight excluding hydrogens is 314 g/mol. The summed E-state index contributed by atoms with van der Waals surface area (Å²) in [6, 6.07) is 10.9. The Kier molecular flexibility index (Phi) is 7.46. The number of ether oxygens (including phenoxy) is 2. The van der Waals surface area contributed by atoms with Gasteiger partial charge in [-0.2, -0.15) is 0 Å². The van der Waals surface area contributed by atoms with E-state index >= 15 is 0 Å². The summed E-state index contributed by atoms with van der Waals surface area (Å²) in [6.45, 7) is 1.88. The fourth-order valence-electron chi connectivity index (χ4n) is 2.01. The Balaban J connectivity index is 0.00000242. The average Bonchev–Trinajstić information content (AvgIpc) is 2.47. The third-order valence-corrected chi connectivity index (χ3v) is 4.58. The maximum atomic E-state index is 12.5. The zero-order valence-corrected chi connectivity index (χ0v) is 14.8. The molecule has 1 radical (unpaired) electrons. The van der Waals surface area contributed by atoms with Crippen LogP contribution in [0.5, 0.6) is 11.5 Å². The summed E-state index contributed by atoms with van der Waals surface area (Å²) in [5.74, 6) is 1.34. The number of carbonyl (C=O) groups excluding carboxylic acids is 1. The molecular formula is C16H16ClLiO3P. The molecule has 0 aromatic heterocycles. The van der Waals surface area contributed by atoms with Crippen LogP contribution in [-0.4, -0.2) is 38.6 Å². The quantitative estimate of drug-likeness (QED) is 0.623. The summed E-state index contributed by atoms with van der Waals surface area (Å²) < 4.78 is 10.5. The van der Waals surface area contributed by atoms with E-state index in [2.05, 4.69) is 0 Å². The fourth-order valence-corrected chi connectivity index (χ4v) is 3.56. The van der Waals surface area contributed by atoms with Crippen LogP contribution in [0, 0.1) is 6.92 Å². The van der Waals surface area contributed by atoms with Gasteiger partial charge in [-0.25, -0.2) is 0 Å². The minimum atomic E-state index is -0.0520. The largest absolute Gasteiger partial charge is 0.497 e. The maximum absolute atomic E-state index is 12.5. The van der Waals surface area contributed by atoms with Gasteiger partial charge in [-0.1, -0.05) is 23.7 Å². The second kappa shape index (κ2) is 8.61. The molecule has 0 saturated carbocycles. The van der Waals surface area contributed by atoms with Crippen molar-refractivity contribution in [2.75, 3.05) is 14.2 Å². The van der Waals surface area contributed by atoms with Crippen LogP contribution in [0.3, 0.4) is 0 Å². The molecule has 2 aromatic carbocycles. The predicted octanol–water partition coefficient (Wildman–Crippen LogP) is 3.43. The normalized spacial score (nSPS) is 10.4. The van der Waals surface area contributed by atoms with E-state index in [1.165, 1.54) is 0 Å². The molecule has 0 aliphatic carbocycles. The van der Waals surface area contributed by atoms with Gasteiger partial charge in [0.1, 0.15) is 11.5 Å². The van der Waals surface area contributed by atoms with E-state index in [1.807, 2.05) is 31.2 Å². The van der Waals surface area contributed by atoms with Crippen molar-refractivity contribution in [2.24, 2.45) is 0 Å². The second-order valence-corrected chi connectivity index (χ2v) is 6.10. The topological polar surface area (TPSA) is 35.5 Å². The first-order chi connectivity index (χ1) is 10.1. The minimum absolute atomic E-state index is 0. The third-order valence-electron chi connectivity index (χ3n) is 3.11. The van der Waals surface area contributed by atoms with Crippen LogP contribution >= 0.6 is 20.2 Å². The maximum Gasteiger partial charge on any atom is 0.187 e. The molecule has 2 rings (SSSR count). The van der Waals surface area contributed by atoms with Crippen LogP contribution in [-0.2, 0) is 0 Å². The van der Waals surface area contributed by atoms with Crippen LogP contribution in [0.25, 0.3) is 0 Å². The minimum Gasteiger partial charge on any atom is -0.497 e. The van der Waals surface area contributed by atoms with Crippen molar-refractivity contribution < 1.29 is 14.3 Å². The van der Waals surface area contributed by atoms with Crippen molar-refractivity contribution in [1.29, 1.82) is 0 Å². The number of halogens is 1. The monoisotopic (exact) mass is 329 g/mol. The summed E-state index contributed by atoms with van der Waals surface area (Å²) >= 11 is 6.14. The first kappa shape index (κ1) is 19.1. The van der Waals surface area contributed by atoms with E-state index in [0.29, 0.717) is 22.1 Å². The van der Waals surface area contributed by atoms with Crippen LogP contribution in [0.4, 0.5) is 0 Å². The molecule has 3 nitrogen and oxygen atoms in total. The zero-order valence-electron chi connectivity index (χ0n) is 13.1. The number of hydrogen-bond donors (Lipinski definition) is 0. The number of methoxy groups -OCH3 is 2. The summed E-state index contributed by atoms with van der Waals surface area (Å²) in [4.78, 5) is 12.5. The Labute approximate surface area is 149 Å². The van der Waals surface area contributed by atoms with Gasteiger partial charge in [-0.15, -0.1) is 0 Å². The molecule has 0 aliphatic rings. The fraction of sp³-hybridized carbons (Fsp3) is 0.188. The molecule has 111 valence electrons. The molecule has 2 aromatic rings. The third kappa shape index (κ3) is 4.28. The molecule has 1 atom stereocenters. The van der Waals surface area contributed by atoms with E-state index in [-0.39, 0.29) is 33.0 Å². The van der Waals surface area contributed by atoms with Crippen molar-refractivity contribution in [1.82, 2.24) is 0 Å². The number of aryl methyl sites for hydroxylation is 1. The Morgan fingerprint density at radius 2 is 1.86 bits per heavy atom. The molecule has 0 bridgehead atoms. The van der Waals surface area contributed by atoms with Crippen molar-refractivity contribution in [2.45, 2.75) is 6.92 Å². The SMILES string of the molecule is COc1ccc(PC(=O)c2c(C)cccc2Cl)c(OC)c1.[Li]. The van der Waals surface area contributed by atoms with E-state index in [1.54, 1.807) is 26.4 Å². The van der Waals surface area contributed by atoms with E-state index < -0.39 is 0 Å². The number of hydrogen-bond acceptors (Lipinski definition) is 3. The molecule has 0 fully saturated rings. The molecule has 0 spiro atoms. The molecule has 0 saturated heterocycles. The summed E-state index contributed by atoms with van der Waals surface area (Å²) in [6.07, 6.45) is 0. The molecule has 0 aliphatic heterocycles. The number of rotatable bonds is 5. The van der Waals surface area contributed by atoms with Gasteiger partial charge in [0.25, 0.3) is 0 Å². The van der Waals surface area contributed by atoms with E-state index in [0.717, 1.165) is 10.9 Å². The first-order valence-corrected chi connectivity index (χ1v) is 7.73. The molecule has 0 heterocycles. The molecule has 1 unspecified atom stereocenters. The van der Waals surface area contributed by atoms with Crippen LogP contribution in [0.15, 0.2) is 36.4 Å². The first-order valence-electron chi connectivity index (χ1n) is 6.35. The zero-order chi connectivity index (χ0) is 15.4. The van der Waals surface area contributed by atoms with Crippen LogP contribution in [0.1, 0.15) is 15.9 Å². The summed E-state index contributed by atoms with van der Waals surface area (Å²) in [7, 11) is 3.12. The number of carbonyl (C=O) groups is 1. The van der Waals surface area contributed by atoms with Crippen LogP contribution < -0.4 is 14.8 Å². The van der Waals surface area contributed by atoms with Gasteiger partial charge < -0.3 is 9.47 Å². The predicted molar refractivity (Wildman–Crippen MR) is 93.8 cm³/mol. The van der Waals surface area contributed by atoms with Gasteiger partial charge in [0.05, 0.1) is 19.2 Å². The van der Waals surface area contributed by atoms with Gasteiger partial charge in [0.2, 0.25) is 0 Å². The van der Waals surface area contributed by atoms with Crippen molar-refractivity contribution >= 4 is 49.9 Å². The molecule has 0 amide bonds. The average molecular weight is 330 g/mol. The summed E-state index contributed by atoms with van der Waals surface area (Å²) in [5.41, 5.74) is 1.46. The van der Waals surface area contributed by atoms with Crippen molar-refractivity contribution in [3.63, 3.8) is 0 Å². The van der Waals surface area contributed by atoms with Crippen molar-refractivity contribution in [3.05, 3.63) is 52.5 Å². The summed E-state index contributed by atoms with van der Waals surface area (Å²) in [5, 5.41) is 1.32. The van der Waals surface area contributed by atoms with Gasteiger partial charge >= 0.3 is 0 Å². The van der Waals surface area contributed by atoms with E-state index in [4.69, 9.17) is 21.1 Å². The Morgan fingerprint density at radius 1 is 1.14 bits per heavy atom. The standard InChI is InChI=1S/C16H16ClO3P.Li/c1-10-5-4-6-12(17)15(10)16(18)21-14-8-7-11(19-2)9-13(14)20-3;/h4-9,21H,1-3H3;. The molecule has 0 N–H and O–H groups in total. The van der Waals surface area contributed by atoms with Crippen LogP contribution in [0.2, 0.25) is 5.02 Å². The Hall–Kier alpha value is -0.973. The van der Waals surface area contributed by atoms with E-state index in [9.17, 15) is 4.79 Å². The number of benzene rings is 2.